The molecule has 0 radical (unpaired) electrons. The summed E-state index contributed by atoms with van der Waals surface area (Å²) in [6.45, 7) is 5.41. The lowest BCUT2D eigenvalue weighted by atomic mass is 10.1. The maximum atomic E-state index is 13.6. The van der Waals surface area contributed by atoms with Crippen molar-refractivity contribution in [3.8, 4) is 0 Å². The van der Waals surface area contributed by atoms with E-state index in [1.54, 1.807) is 45.0 Å². The summed E-state index contributed by atoms with van der Waals surface area (Å²) in [6.07, 6.45) is -0.191. The smallest absolute Gasteiger partial charge is 0.161 e. The van der Waals surface area contributed by atoms with Gasteiger partial charge >= 0.3 is 0 Å². The van der Waals surface area contributed by atoms with Crippen LogP contribution in [0, 0.1) is 0 Å². The Balaban J connectivity index is 2.69. The van der Waals surface area contributed by atoms with E-state index < -0.39 is 21.9 Å². The second kappa shape index (κ2) is 5.34. The minimum absolute atomic E-state index is 0.451. The SMILES string of the molecule is CC(C)(C)S(=O)N=CC(F)c1ccccc1. The fourth-order valence-corrected chi connectivity index (χ4v) is 1.52. The maximum absolute atomic E-state index is 13.6. The second-order valence-corrected chi connectivity index (χ2v) is 6.36. The van der Waals surface area contributed by atoms with Crippen molar-refractivity contribution in [2.24, 2.45) is 4.40 Å². The molecule has 0 fully saturated rings. The van der Waals surface area contributed by atoms with E-state index >= 15 is 0 Å². The van der Waals surface area contributed by atoms with Gasteiger partial charge in [0, 0.05) is 0 Å². The summed E-state index contributed by atoms with van der Waals surface area (Å²) in [4.78, 5) is 0. The van der Waals surface area contributed by atoms with Gasteiger partial charge in [0.1, 0.15) is 11.0 Å². The molecule has 2 unspecified atom stereocenters. The van der Waals surface area contributed by atoms with E-state index in [1.165, 1.54) is 0 Å². The topological polar surface area (TPSA) is 29.4 Å². The highest BCUT2D eigenvalue weighted by Crippen LogP contribution is 2.17. The zero-order valence-electron chi connectivity index (χ0n) is 9.68. The summed E-state index contributed by atoms with van der Waals surface area (Å²) in [5, 5.41) is 0. The third-order valence-electron chi connectivity index (χ3n) is 1.93. The molecule has 0 aromatic heterocycles. The first-order valence-corrected chi connectivity index (χ1v) is 6.17. The number of rotatable bonds is 3. The number of nitrogens with zero attached hydrogens (tertiary/aromatic N) is 1. The lowest BCUT2D eigenvalue weighted by Gasteiger charge is -2.13. The first-order chi connectivity index (χ1) is 7.41. The van der Waals surface area contributed by atoms with Gasteiger partial charge in [0.2, 0.25) is 0 Å². The Hall–Kier alpha value is -1.03. The quantitative estimate of drug-likeness (QED) is 0.747. The molecule has 0 heterocycles. The molecule has 0 spiro atoms. The van der Waals surface area contributed by atoms with Gasteiger partial charge in [0.05, 0.1) is 11.0 Å². The van der Waals surface area contributed by atoms with E-state index in [0.29, 0.717) is 5.56 Å². The van der Waals surface area contributed by atoms with Crippen LogP contribution in [0.15, 0.2) is 34.7 Å². The third kappa shape index (κ3) is 3.85. The van der Waals surface area contributed by atoms with Gasteiger partial charge in [-0.05, 0) is 26.3 Å². The summed E-state index contributed by atoms with van der Waals surface area (Å²) in [5.41, 5.74) is 0.525. The minimum Gasteiger partial charge on any atom is -0.236 e. The first kappa shape index (κ1) is 13.0. The number of hydrogen-bond donors (Lipinski definition) is 0. The van der Waals surface area contributed by atoms with Crippen LogP contribution < -0.4 is 0 Å². The lowest BCUT2D eigenvalue weighted by Crippen LogP contribution is -2.19. The van der Waals surface area contributed by atoms with E-state index in [4.69, 9.17) is 0 Å². The van der Waals surface area contributed by atoms with Gasteiger partial charge < -0.3 is 0 Å². The molecular weight excluding hydrogens is 225 g/mol. The zero-order chi connectivity index (χ0) is 12.2. The fourth-order valence-electron chi connectivity index (χ4n) is 0.990. The van der Waals surface area contributed by atoms with Crippen LogP contribution in [0.5, 0.6) is 0 Å². The highest BCUT2D eigenvalue weighted by atomic mass is 32.2. The maximum Gasteiger partial charge on any atom is 0.161 e. The molecule has 0 N–H and O–H groups in total. The van der Waals surface area contributed by atoms with Crippen molar-refractivity contribution in [2.75, 3.05) is 0 Å². The molecule has 1 aromatic carbocycles. The number of alkyl halides is 1. The average Bonchev–Trinajstić information content (AvgIpc) is 2.25. The summed E-state index contributed by atoms with van der Waals surface area (Å²) < 4.78 is 28.4. The van der Waals surface area contributed by atoms with Gasteiger partial charge in [0.15, 0.2) is 6.17 Å². The van der Waals surface area contributed by atoms with Gasteiger partial charge in [-0.3, -0.25) is 0 Å². The molecule has 16 heavy (non-hydrogen) atoms. The van der Waals surface area contributed by atoms with Crippen LogP contribution in [0.1, 0.15) is 32.5 Å². The number of hydrogen-bond acceptors (Lipinski definition) is 1. The van der Waals surface area contributed by atoms with Crippen molar-refractivity contribution < 1.29 is 8.60 Å². The van der Waals surface area contributed by atoms with Gasteiger partial charge in [-0.1, -0.05) is 30.3 Å². The van der Waals surface area contributed by atoms with Crippen LogP contribution in [0.4, 0.5) is 4.39 Å². The molecule has 1 aromatic rings. The van der Waals surface area contributed by atoms with E-state index in [-0.39, 0.29) is 0 Å². The Bertz CT molecular complexity index is 384. The molecule has 0 aliphatic heterocycles. The molecule has 0 aliphatic rings. The second-order valence-electron chi connectivity index (χ2n) is 4.43. The monoisotopic (exact) mass is 241 g/mol. The molecular formula is C12H16FNOS. The number of halogens is 1. The van der Waals surface area contributed by atoms with Crippen molar-refractivity contribution in [2.45, 2.75) is 31.7 Å². The average molecular weight is 241 g/mol. The van der Waals surface area contributed by atoms with Crippen LogP contribution >= 0.6 is 0 Å². The molecule has 0 saturated heterocycles. The molecule has 1 rings (SSSR count). The molecule has 2 nitrogen and oxygen atoms in total. The normalized spacial score (nSPS) is 16.2. The Morgan fingerprint density at radius 2 is 1.88 bits per heavy atom. The predicted octanol–water partition coefficient (Wildman–Crippen LogP) is 3.23. The van der Waals surface area contributed by atoms with E-state index in [0.717, 1.165) is 6.21 Å². The van der Waals surface area contributed by atoms with E-state index in [2.05, 4.69) is 4.40 Å². The van der Waals surface area contributed by atoms with Gasteiger partial charge in [0.25, 0.3) is 0 Å². The largest absolute Gasteiger partial charge is 0.236 e. The lowest BCUT2D eigenvalue weighted by molar-refractivity contribution is 0.447. The van der Waals surface area contributed by atoms with Crippen LogP contribution in [0.3, 0.4) is 0 Å². The van der Waals surface area contributed by atoms with Crippen LogP contribution in [0.2, 0.25) is 0 Å². The first-order valence-electron chi connectivity index (χ1n) is 5.06. The van der Waals surface area contributed by atoms with Crippen molar-refractivity contribution in [3.05, 3.63) is 35.9 Å². The molecule has 2 atom stereocenters. The summed E-state index contributed by atoms with van der Waals surface area (Å²) in [5.74, 6) is 0. The Kier molecular flexibility index (Phi) is 4.35. The van der Waals surface area contributed by atoms with Crippen LogP contribution in [-0.2, 0) is 11.0 Å². The van der Waals surface area contributed by atoms with E-state index in [1.807, 2.05) is 6.07 Å². The molecule has 0 amide bonds. The van der Waals surface area contributed by atoms with Gasteiger partial charge in [-0.2, -0.15) is 4.40 Å². The Labute approximate surface area is 98.2 Å². The minimum atomic E-state index is -1.40. The Morgan fingerprint density at radius 3 is 2.38 bits per heavy atom. The van der Waals surface area contributed by atoms with Crippen LogP contribution in [0.25, 0.3) is 0 Å². The summed E-state index contributed by atoms with van der Waals surface area (Å²) in [7, 11) is -1.40. The Morgan fingerprint density at radius 1 is 1.31 bits per heavy atom. The molecule has 88 valence electrons. The highest BCUT2D eigenvalue weighted by Gasteiger charge is 2.18. The summed E-state index contributed by atoms with van der Waals surface area (Å²) >= 11 is 0. The molecule has 4 heteroatoms. The van der Waals surface area contributed by atoms with Crippen molar-refractivity contribution in [3.63, 3.8) is 0 Å². The summed E-state index contributed by atoms with van der Waals surface area (Å²) in [6, 6.07) is 8.70. The van der Waals surface area contributed by atoms with Crippen molar-refractivity contribution in [1.82, 2.24) is 0 Å². The van der Waals surface area contributed by atoms with Crippen molar-refractivity contribution >= 4 is 17.2 Å². The zero-order valence-corrected chi connectivity index (χ0v) is 10.5. The predicted molar refractivity (Wildman–Crippen MR) is 66.7 cm³/mol. The molecule has 0 bridgehead atoms. The highest BCUT2D eigenvalue weighted by molar-refractivity contribution is 7.85. The molecule has 0 saturated carbocycles. The van der Waals surface area contributed by atoms with Gasteiger partial charge in [-0.15, -0.1) is 0 Å². The fraction of sp³-hybridized carbons (Fsp3) is 0.417. The standard InChI is InChI=1S/C12H16FNOS/c1-12(2,3)16(15)14-9-11(13)10-7-5-4-6-8-10/h4-9,11H,1-3H3. The number of benzene rings is 1. The van der Waals surface area contributed by atoms with Crippen molar-refractivity contribution in [1.29, 1.82) is 0 Å². The third-order valence-corrected chi connectivity index (χ3v) is 3.29. The molecule has 0 aliphatic carbocycles. The van der Waals surface area contributed by atoms with Gasteiger partial charge in [-0.25, -0.2) is 8.60 Å². The van der Waals surface area contributed by atoms with E-state index in [9.17, 15) is 8.60 Å². The van der Waals surface area contributed by atoms with Crippen LogP contribution in [-0.4, -0.2) is 15.2 Å².